The summed E-state index contributed by atoms with van der Waals surface area (Å²) in [5.41, 5.74) is 1.68. The predicted molar refractivity (Wildman–Crippen MR) is 91.8 cm³/mol. The number of carbonyl (C=O) groups is 3. The molecule has 0 saturated carbocycles. The normalized spacial score (nSPS) is 17.4. The molecule has 2 N–H and O–H groups in total. The molecule has 1 unspecified atom stereocenters. The van der Waals surface area contributed by atoms with E-state index in [1.807, 2.05) is 0 Å². The number of hydrogen-bond donors (Lipinski definition) is 2. The fourth-order valence-corrected chi connectivity index (χ4v) is 3.05. The number of nitrogens with zero attached hydrogens (tertiary/aromatic N) is 1. The van der Waals surface area contributed by atoms with E-state index in [4.69, 9.17) is 0 Å². The van der Waals surface area contributed by atoms with E-state index < -0.39 is 0 Å². The zero-order valence-corrected chi connectivity index (χ0v) is 13.2. The van der Waals surface area contributed by atoms with Crippen LogP contribution < -0.4 is 10.2 Å². The molecule has 122 valence electrons. The number of quaternary nitrogens is 1. The minimum atomic E-state index is -0.263. The van der Waals surface area contributed by atoms with E-state index in [1.165, 1.54) is 0 Å². The van der Waals surface area contributed by atoms with Crippen LogP contribution in [-0.2, 0) is 4.79 Å². The Balaban J connectivity index is 1.69. The van der Waals surface area contributed by atoms with E-state index in [0.717, 1.165) is 4.90 Å². The Morgan fingerprint density at radius 3 is 2.40 bits per heavy atom. The van der Waals surface area contributed by atoms with Crippen molar-refractivity contribution in [2.24, 2.45) is 4.99 Å². The molecule has 1 aliphatic heterocycles. The van der Waals surface area contributed by atoms with Crippen molar-refractivity contribution in [3.8, 4) is 0 Å². The molecule has 2 aliphatic rings. The first-order valence-electron chi connectivity index (χ1n) is 7.82. The van der Waals surface area contributed by atoms with Gasteiger partial charge in [-0.25, -0.2) is 4.99 Å². The van der Waals surface area contributed by atoms with Crippen LogP contribution >= 0.6 is 0 Å². The molecule has 6 nitrogen and oxygen atoms in total. The lowest BCUT2D eigenvalue weighted by molar-refractivity contribution is -0.725. The molecule has 4 rings (SSSR count). The van der Waals surface area contributed by atoms with Crippen LogP contribution in [0, 0.1) is 0 Å². The van der Waals surface area contributed by atoms with Gasteiger partial charge in [0.15, 0.2) is 24.4 Å². The van der Waals surface area contributed by atoms with Crippen LogP contribution in [0.25, 0.3) is 0 Å². The predicted octanol–water partition coefficient (Wildman–Crippen LogP) is 0.798. The third-order valence-corrected chi connectivity index (χ3v) is 4.21. The zero-order chi connectivity index (χ0) is 17.4. The molecule has 1 amide bonds. The quantitative estimate of drug-likeness (QED) is 0.744. The van der Waals surface area contributed by atoms with Gasteiger partial charge in [-0.15, -0.1) is 0 Å². The van der Waals surface area contributed by atoms with E-state index in [0.29, 0.717) is 22.4 Å². The Hall–Kier alpha value is -3.38. The topological polar surface area (TPSA) is 80.0 Å². The highest BCUT2D eigenvalue weighted by Crippen LogP contribution is 2.31. The molecule has 1 heterocycles. The van der Waals surface area contributed by atoms with Crippen LogP contribution in [0.1, 0.15) is 31.8 Å². The summed E-state index contributed by atoms with van der Waals surface area (Å²) in [5, 5.41) is 2.75. The van der Waals surface area contributed by atoms with Crippen molar-refractivity contribution in [1.82, 2.24) is 0 Å². The summed E-state index contributed by atoms with van der Waals surface area (Å²) in [7, 11) is 0. The van der Waals surface area contributed by atoms with E-state index in [-0.39, 0.29) is 29.6 Å². The molecule has 6 heteroatoms. The number of nitrogens with one attached hydrogen (secondary N) is 2. The smallest absolute Gasteiger partial charge is 0.280 e. The van der Waals surface area contributed by atoms with Crippen molar-refractivity contribution in [3.63, 3.8) is 0 Å². The number of fused-ring (bicyclic) bond motifs is 2. The molecule has 0 fully saturated rings. The number of aliphatic imine (C=N–C) groups is 1. The lowest BCUT2D eigenvalue weighted by Gasteiger charge is -2.20. The van der Waals surface area contributed by atoms with Gasteiger partial charge in [0.25, 0.3) is 5.91 Å². The first-order valence-corrected chi connectivity index (χ1v) is 7.82. The number of benzene rings is 2. The molecular formula is C19H14N3O3+. The molecule has 0 radical (unpaired) electrons. The van der Waals surface area contributed by atoms with E-state index in [1.54, 1.807) is 61.2 Å². The van der Waals surface area contributed by atoms with Gasteiger partial charge in [0, 0.05) is 16.7 Å². The van der Waals surface area contributed by atoms with Gasteiger partial charge in [-0.2, -0.15) is 0 Å². The lowest BCUT2D eigenvalue weighted by atomic mass is 9.83. The summed E-state index contributed by atoms with van der Waals surface area (Å²) in [6, 6.07) is 11.6. The number of hydrogen-bond acceptors (Lipinski definition) is 4. The number of ketones is 2. The van der Waals surface area contributed by atoms with Crippen LogP contribution in [0.4, 0.5) is 5.69 Å². The maximum atomic E-state index is 12.9. The van der Waals surface area contributed by atoms with Gasteiger partial charge >= 0.3 is 0 Å². The summed E-state index contributed by atoms with van der Waals surface area (Å²) in [6.45, 7) is 0.155. The highest BCUT2D eigenvalue weighted by molar-refractivity contribution is 6.30. The minimum Gasteiger partial charge on any atom is -0.320 e. The van der Waals surface area contributed by atoms with E-state index >= 15 is 0 Å². The number of amides is 1. The monoisotopic (exact) mass is 332 g/mol. The average molecular weight is 332 g/mol. The van der Waals surface area contributed by atoms with Crippen LogP contribution in [0.15, 0.2) is 59.9 Å². The van der Waals surface area contributed by atoms with Gasteiger partial charge in [0.1, 0.15) is 6.20 Å². The molecular weight excluding hydrogens is 318 g/mol. The van der Waals surface area contributed by atoms with E-state index in [9.17, 15) is 14.4 Å². The Labute approximate surface area is 143 Å². The van der Waals surface area contributed by atoms with E-state index in [2.05, 4.69) is 10.3 Å². The fourth-order valence-electron chi connectivity index (χ4n) is 3.05. The van der Waals surface area contributed by atoms with Crippen molar-refractivity contribution in [3.05, 3.63) is 77.1 Å². The zero-order valence-electron chi connectivity index (χ0n) is 13.2. The first kappa shape index (κ1) is 15.2. The molecule has 0 aromatic heterocycles. The summed E-state index contributed by atoms with van der Waals surface area (Å²) in [5.74, 6) is -0.724. The molecule has 2 aromatic carbocycles. The molecule has 0 bridgehead atoms. The second kappa shape index (κ2) is 5.92. The fraction of sp³-hybridized carbons (Fsp3) is 0.0526. The first-order chi connectivity index (χ1) is 12.1. The Kier molecular flexibility index (Phi) is 3.59. The summed E-state index contributed by atoms with van der Waals surface area (Å²) in [6.07, 6.45) is 4.99. The number of rotatable bonds is 3. The summed E-state index contributed by atoms with van der Waals surface area (Å²) in [4.78, 5) is 42.5. The molecule has 2 aromatic rings. The maximum absolute atomic E-state index is 12.9. The van der Waals surface area contributed by atoms with Crippen molar-refractivity contribution in [2.45, 2.75) is 0 Å². The van der Waals surface area contributed by atoms with Crippen LogP contribution in [0.2, 0.25) is 0 Å². The average Bonchev–Trinajstić information content (AvgIpc) is 3.12. The third kappa shape index (κ3) is 2.58. The number of anilines is 1. The van der Waals surface area contributed by atoms with Crippen molar-refractivity contribution in [1.29, 1.82) is 0 Å². The summed E-state index contributed by atoms with van der Waals surface area (Å²) < 4.78 is 0. The van der Waals surface area contributed by atoms with Gasteiger partial charge in [0.2, 0.25) is 0 Å². The van der Waals surface area contributed by atoms with Crippen molar-refractivity contribution < 1.29 is 19.3 Å². The van der Waals surface area contributed by atoms with Gasteiger partial charge in [-0.1, -0.05) is 36.4 Å². The molecule has 0 saturated heterocycles. The largest absolute Gasteiger partial charge is 0.320 e. The SMILES string of the molecule is O=C(C[NH+]1C=CN=C1)Nc1cccc2c1C(=O)c1ccccc1C2=O. The standard InChI is InChI=1S/C19H13N3O3/c23-16(10-22-9-8-20-11-22)21-15-7-3-6-14-17(15)19(25)13-5-2-1-4-12(13)18(14)24/h1-9,11H,10H2,(H,21,23)/p+1. The van der Waals surface area contributed by atoms with Crippen LogP contribution in [0.3, 0.4) is 0 Å². The second-order valence-electron chi connectivity index (χ2n) is 5.83. The Morgan fingerprint density at radius 2 is 1.68 bits per heavy atom. The van der Waals surface area contributed by atoms with Crippen molar-refractivity contribution in [2.75, 3.05) is 11.9 Å². The van der Waals surface area contributed by atoms with Crippen LogP contribution in [0.5, 0.6) is 0 Å². The maximum Gasteiger partial charge on any atom is 0.280 e. The van der Waals surface area contributed by atoms with Gasteiger partial charge in [-0.3, -0.25) is 19.3 Å². The lowest BCUT2D eigenvalue weighted by Crippen LogP contribution is -3.06. The third-order valence-electron chi connectivity index (χ3n) is 4.21. The Morgan fingerprint density at radius 1 is 0.960 bits per heavy atom. The Bertz CT molecular complexity index is 964. The highest BCUT2D eigenvalue weighted by atomic mass is 16.2. The van der Waals surface area contributed by atoms with Crippen LogP contribution in [-0.4, -0.2) is 30.4 Å². The molecule has 1 atom stereocenters. The van der Waals surface area contributed by atoms with Gasteiger partial charge < -0.3 is 5.32 Å². The van der Waals surface area contributed by atoms with Crippen molar-refractivity contribution >= 4 is 29.5 Å². The molecule has 0 spiro atoms. The minimum absolute atomic E-state index is 0.155. The van der Waals surface area contributed by atoms with Gasteiger partial charge in [-0.05, 0) is 6.07 Å². The summed E-state index contributed by atoms with van der Waals surface area (Å²) >= 11 is 0. The molecule has 1 aliphatic carbocycles. The van der Waals surface area contributed by atoms with Gasteiger partial charge in [0.05, 0.1) is 17.5 Å². The number of carbonyl (C=O) groups excluding carboxylic acids is 3. The molecule has 25 heavy (non-hydrogen) atoms. The highest BCUT2D eigenvalue weighted by Gasteiger charge is 2.31. The second-order valence-corrected chi connectivity index (χ2v) is 5.83.